The maximum absolute atomic E-state index is 4.25. The fraction of sp³-hybridized carbons (Fsp3) is 0.800. The van der Waals surface area contributed by atoms with Crippen molar-refractivity contribution in [2.45, 2.75) is 45.7 Å². The normalized spacial score (nSPS) is 25.1. The van der Waals surface area contributed by atoms with E-state index in [9.17, 15) is 0 Å². The van der Waals surface area contributed by atoms with Gasteiger partial charge in [-0.3, -0.25) is 9.58 Å². The lowest BCUT2D eigenvalue weighted by molar-refractivity contribution is 0.111. The van der Waals surface area contributed by atoms with Crippen LogP contribution in [0.25, 0.3) is 0 Å². The van der Waals surface area contributed by atoms with Gasteiger partial charge in [0.2, 0.25) is 0 Å². The highest BCUT2D eigenvalue weighted by atomic mass is 15.3. The molecule has 1 N–H and O–H groups in total. The summed E-state index contributed by atoms with van der Waals surface area (Å²) in [5.74, 6) is 0.706. The van der Waals surface area contributed by atoms with Crippen molar-refractivity contribution >= 4 is 0 Å². The first-order valence-electron chi connectivity index (χ1n) is 7.56. The van der Waals surface area contributed by atoms with E-state index in [1.807, 2.05) is 17.9 Å². The van der Waals surface area contributed by atoms with Crippen LogP contribution in [0.3, 0.4) is 0 Å². The molecule has 19 heavy (non-hydrogen) atoms. The molecular formula is C15H28N4. The van der Waals surface area contributed by atoms with Gasteiger partial charge in [-0.05, 0) is 18.4 Å². The minimum absolute atomic E-state index is 0.634. The van der Waals surface area contributed by atoms with Gasteiger partial charge in [0.25, 0.3) is 0 Å². The number of aryl methyl sites for hydroxylation is 1. The molecule has 0 saturated carbocycles. The Morgan fingerprint density at radius 1 is 1.47 bits per heavy atom. The van der Waals surface area contributed by atoms with Crippen LogP contribution in [0, 0.1) is 5.92 Å². The van der Waals surface area contributed by atoms with Gasteiger partial charge in [0.1, 0.15) is 0 Å². The number of nitrogens with one attached hydrogen (secondary N) is 1. The lowest BCUT2D eigenvalue weighted by atomic mass is 9.98. The van der Waals surface area contributed by atoms with Crippen LogP contribution < -0.4 is 5.32 Å². The summed E-state index contributed by atoms with van der Waals surface area (Å²) >= 11 is 0. The largest absolute Gasteiger partial charge is 0.311 e. The van der Waals surface area contributed by atoms with Gasteiger partial charge in [0.15, 0.2) is 0 Å². The highest BCUT2D eigenvalue weighted by Crippen LogP contribution is 2.15. The highest BCUT2D eigenvalue weighted by molar-refractivity contribution is 5.01. The van der Waals surface area contributed by atoms with Gasteiger partial charge in [0.05, 0.1) is 0 Å². The van der Waals surface area contributed by atoms with Gasteiger partial charge in [-0.15, -0.1) is 0 Å². The molecule has 2 heterocycles. The molecule has 4 nitrogen and oxygen atoms in total. The summed E-state index contributed by atoms with van der Waals surface area (Å²) in [5.41, 5.74) is 1.33. The standard InChI is InChI=1S/C15H28N4/c1-5-13-10-16-15(12(2)3)11-19(13)9-7-14-6-8-17-18(14)4/h6,8,12-13,15-16H,5,7,9-11H2,1-4H3. The molecule has 0 amide bonds. The van der Waals surface area contributed by atoms with Crippen molar-refractivity contribution in [1.82, 2.24) is 20.0 Å². The maximum Gasteiger partial charge on any atom is 0.0492 e. The Morgan fingerprint density at radius 2 is 2.26 bits per heavy atom. The zero-order chi connectivity index (χ0) is 13.8. The molecule has 2 unspecified atom stereocenters. The fourth-order valence-corrected chi connectivity index (χ4v) is 2.91. The van der Waals surface area contributed by atoms with E-state index in [0.29, 0.717) is 18.0 Å². The van der Waals surface area contributed by atoms with Crippen LogP contribution in [0.4, 0.5) is 0 Å². The zero-order valence-corrected chi connectivity index (χ0v) is 12.8. The number of piperazine rings is 1. The molecule has 0 aliphatic carbocycles. The van der Waals surface area contributed by atoms with Crippen molar-refractivity contribution in [3.05, 3.63) is 18.0 Å². The number of hydrogen-bond acceptors (Lipinski definition) is 3. The molecule has 4 heteroatoms. The average molecular weight is 264 g/mol. The summed E-state index contributed by atoms with van der Waals surface area (Å²) in [5, 5.41) is 7.94. The first-order valence-corrected chi connectivity index (χ1v) is 7.56. The van der Waals surface area contributed by atoms with Gasteiger partial charge >= 0.3 is 0 Å². The molecule has 108 valence electrons. The Balaban J connectivity index is 1.93. The molecule has 2 atom stereocenters. The van der Waals surface area contributed by atoms with Crippen LogP contribution >= 0.6 is 0 Å². The lowest BCUT2D eigenvalue weighted by Gasteiger charge is -2.41. The molecule has 1 fully saturated rings. The van der Waals surface area contributed by atoms with Gasteiger partial charge in [-0.2, -0.15) is 5.10 Å². The van der Waals surface area contributed by atoms with Gasteiger partial charge in [0, 0.05) is 57.1 Å². The molecule has 0 aromatic carbocycles. The van der Waals surface area contributed by atoms with Crippen LogP contribution in [-0.4, -0.2) is 46.4 Å². The Labute approximate surface area is 117 Å². The van der Waals surface area contributed by atoms with Crippen LogP contribution in [0.5, 0.6) is 0 Å². The van der Waals surface area contributed by atoms with E-state index < -0.39 is 0 Å². The van der Waals surface area contributed by atoms with E-state index in [2.05, 4.69) is 42.2 Å². The number of nitrogens with zero attached hydrogens (tertiary/aromatic N) is 3. The maximum atomic E-state index is 4.25. The van der Waals surface area contributed by atoms with Crippen molar-refractivity contribution in [3.8, 4) is 0 Å². The van der Waals surface area contributed by atoms with Gasteiger partial charge in [-0.1, -0.05) is 20.8 Å². The monoisotopic (exact) mass is 264 g/mol. The Kier molecular flexibility index (Phi) is 4.99. The van der Waals surface area contributed by atoms with E-state index >= 15 is 0 Å². The third-order valence-electron chi connectivity index (χ3n) is 4.42. The third-order valence-corrected chi connectivity index (χ3v) is 4.42. The van der Waals surface area contributed by atoms with Crippen LogP contribution in [0.15, 0.2) is 12.3 Å². The summed E-state index contributed by atoms with van der Waals surface area (Å²) < 4.78 is 1.99. The first kappa shape index (κ1) is 14.5. The molecule has 1 aromatic rings. The number of rotatable bonds is 5. The van der Waals surface area contributed by atoms with Crippen LogP contribution in [0.1, 0.15) is 32.9 Å². The molecule has 0 radical (unpaired) electrons. The van der Waals surface area contributed by atoms with E-state index in [1.54, 1.807) is 0 Å². The second-order valence-electron chi connectivity index (χ2n) is 6.01. The summed E-state index contributed by atoms with van der Waals surface area (Å²) in [7, 11) is 2.03. The topological polar surface area (TPSA) is 33.1 Å². The number of aromatic nitrogens is 2. The molecule has 2 rings (SSSR count). The minimum atomic E-state index is 0.634. The lowest BCUT2D eigenvalue weighted by Crippen LogP contribution is -2.58. The molecule has 1 aromatic heterocycles. The fourth-order valence-electron chi connectivity index (χ4n) is 2.91. The molecule has 1 aliphatic heterocycles. The summed E-state index contributed by atoms with van der Waals surface area (Å²) in [6.07, 6.45) is 4.21. The van der Waals surface area contributed by atoms with E-state index in [0.717, 1.165) is 19.5 Å². The van der Waals surface area contributed by atoms with E-state index in [1.165, 1.54) is 18.7 Å². The SMILES string of the molecule is CCC1CNC(C(C)C)CN1CCc1ccnn1C. The van der Waals surface area contributed by atoms with Crippen LogP contribution in [0.2, 0.25) is 0 Å². The summed E-state index contributed by atoms with van der Waals surface area (Å²) in [6, 6.07) is 3.45. The average Bonchev–Trinajstić information content (AvgIpc) is 2.81. The smallest absolute Gasteiger partial charge is 0.0492 e. The minimum Gasteiger partial charge on any atom is -0.311 e. The van der Waals surface area contributed by atoms with Crippen molar-refractivity contribution in [2.75, 3.05) is 19.6 Å². The zero-order valence-electron chi connectivity index (χ0n) is 12.8. The third kappa shape index (κ3) is 3.57. The van der Waals surface area contributed by atoms with E-state index in [-0.39, 0.29) is 0 Å². The van der Waals surface area contributed by atoms with Gasteiger partial charge in [-0.25, -0.2) is 0 Å². The first-order chi connectivity index (χ1) is 9.11. The summed E-state index contributed by atoms with van der Waals surface area (Å²) in [6.45, 7) is 10.4. The highest BCUT2D eigenvalue weighted by Gasteiger charge is 2.27. The predicted molar refractivity (Wildman–Crippen MR) is 79.2 cm³/mol. The Morgan fingerprint density at radius 3 is 2.84 bits per heavy atom. The number of hydrogen-bond donors (Lipinski definition) is 1. The second-order valence-corrected chi connectivity index (χ2v) is 6.01. The molecule has 1 aliphatic rings. The predicted octanol–water partition coefficient (Wildman–Crippen LogP) is 1.67. The molecule has 0 bridgehead atoms. The summed E-state index contributed by atoms with van der Waals surface area (Å²) in [4.78, 5) is 2.66. The Hall–Kier alpha value is -0.870. The second kappa shape index (κ2) is 6.53. The van der Waals surface area contributed by atoms with Crippen molar-refractivity contribution in [1.29, 1.82) is 0 Å². The van der Waals surface area contributed by atoms with Crippen molar-refractivity contribution in [3.63, 3.8) is 0 Å². The Bertz CT molecular complexity index is 385. The van der Waals surface area contributed by atoms with Crippen molar-refractivity contribution < 1.29 is 0 Å². The molecule has 1 saturated heterocycles. The van der Waals surface area contributed by atoms with Crippen molar-refractivity contribution in [2.24, 2.45) is 13.0 Å². The van der Waals surface area contributed by atoms with Gasteiger partial charge < -0.3 is 5.32 Å². The quantitative estimate of drug-likeness (QED) is 0.878. The molecular weight excluding hydrogens is 236 g/mol. The molecule has 0 spiro atoms. The van der Waals surface area contributed by atoms with E-state index in [4.69, 9.17) is 0 Å². The van der Waals surface area contributed by atoms with Crippen LogP contribution in [-0.2, 0) is 13.5 Å².